The maximum Gasteiger partial charge on any atom is 0.294 e. The predicted molar refractivity (Wildman–Crippen MR) is 133 cm³/mol. The topological polar surface area (TPSA) is 88.8 Å². The van der Waals surface area contributed by atoms with Gasteiger partial charge in [-0.15, -0.1) is 0 Å². The molecule has 174 valence electrons. The molecule has 3 amide bonds. The van der Waals surface area contributed by atoms with E-state index in [2.05, 4.69) is 5.32 Å². The zero-order valence-corrected chi connectivity index (χ0v) is 20.5. The number of benzene rings is 2. The normalized spacial score (nSPS) is 14.7. The number of nitrogens with one attached hydrogen (secondary N) is 1. The molecule has 3 aromatic rings. The first-order valence-electron chi connectivity index (χ1n) is 9.70. The lowest BCUT2D eigenvalue weighted by Gasteiger charge is -2.13. The van der Waals surface area contributed by atoms with E-state index >= 15 is 0 Å². The minimum Gasteiger partial charge on any atom is -0.495 e. The summed E-state index contributed by atoms with van der Waals surface area (Å²) in [6.07, 6.45) is 1.44. The monoisotopic (exact) mass is 536 g/mol. The fourth-order valence-electron chi connectivity index (χ4n) is 3.12. The molecule has 11 heteroatoms. The molecular weight excluding hydrogens is 523 g/mol. The van der Waals surface area contributed by atoms with Crippen LogP contribution in [0.2, 0.25) is 15.1 Å². The molecule has 0 spiro atoms. The third kappa shape index (κ3) is 5.10. The number of imide groups is 1. The molecule has 2 aromatic carbocycles. The fourth-order valence-corrected chi connectivity index (χ4v) is 4.59. The maximum atomic E-state index is 12.7. The van der Waals surface area contributed by atoms with Crippen molar-refractivity contribution in [1.29, 1.82) is 0 Å². The van der Waals surface area contributed by atoms with Gasteiger partial charge in [-0.2, -0.15) is 0 Å². The molecule has 0 unspecified atom stereocenters. The van der Waals surface area contributed by atoms with Gasteiger partial charge in [-0.25, -0.2) is 0 Å². The average molecular weight is 538 g/mol. The fraction of sp³-hybridized carbons (Fsp3) is 0.0870. The molecule has 4 rings (SSSR count). The van der Waals surface area contributed by atoms with Gasteiger partial charge in [0.25, 0.3) is 11.1 Å². The second kappa shape index (κ2) is 10.1. The molecule has 7 nitrogen and oxygen atoms in total. The van der Waals surface area contributed by atoms with Gasteiger partial charge in [-0.05, 0) is 54.2 Å². The summed E-state index contributed by atoms with van der Waals surface area (Å²) in [6.45, 7) is -0.451. The van der Waals surface area contributed by atoms with Gasteiger partial charge in [0.15, 0.2) is 0 Å². The highest BCUT2D eigenvalue weighted by Crippen LogP contribution is 2.36. The minimum atomic E-state index is -0.600. The van der Waals surface area contributed by atoms with E-state index in [1.165, 1.54) is 19.3 Å². The van der Waals surface area contributed by atoms with Crippen molar-refractivity contribution in [3.8, 4) is 17.1 Å². The Kier molecular flexibility index (Phi) is 7.23. The van der Waals surface area contributed by atoms with Crippen LogP contribution in [-0.2, 0) is 9.59 Å². The van der Waals surface area contributed by atoms with Gasteiger partial charge in [0.1, 0.15) is 23.8 Å². The Morgan fingerprint density at radius 1 is 1.12 bits per heavy atom. The smallest absolute Gasteiger partial charge is 0.294 e. The molecule has 0 radical (unpaired) electrons. The van der Waals surface area contributed by atoms with E-state index in [0.29, 0.717) is 55.4 Å². The molecule has 0 bridgehead atoms. The minimum absolute atomic E-state index is 0.128. The van der Waals surface area contributed by atoms with Crippen molar-refractivity contribution in [2.75, 3.05) is 19.0 Å². The zero-order valence-electron chi connectivity index (χ0n) is 17.4. The van der Waals surface area contributed by atoms with Crippen LogP contribution in [0.1, 0.15) is 5.76 Å². The van der Waals surface area contributed by atoms with E-state index in [9.17, 15) is 14.4 Å². The van der Waals surface area contributed by atoms with E-state index in [1.807, 2.05) is 0 Å². The summed E-state index contributed by atoms with van der Waals surface area (Å²) in [5, 5.41) is 3.07. The Morgan fingerprint density at radius 2 is 1.91 bits per heavy atom. The van der Waals surface area contributed by atoms with Crippen LogP contribution in [0.3, 0.4) is 0 Å². The Hall–Kier alpha value is -2.91. The Morgan fingerprint density at radius 3 is 2.65 bits per heavy atom. The van der Waals surface area contributed by atoms with Crippen molar-refractivity contribution >= 4 is 75.4 Å². The van der Waals surface area contributed by atoms with E-state index in [1.54, 1.807) is 42.5 Å². The van der Waals surface area contributed by atoms with Crippen LogP contribution in [0.4, 0.5) is 10.5 Å². The molecule has 1 aliphatic heterocycles. The summed E-state index contributed by atoms with van der Waals surface area (Å²) in [4.78, 5) is 38.5. The molecule has 2 heterocycles. The van der Waals surface area contributed by atoms with Crippen molar-refractivity contribution < 1.29 is 23.5 Å². The molecule has 1 saturated heterocycles. The molecule has 1 N–H and O–H groups in total. The third-order valence-electron chi connectivity index (χ3n) is 4.73. The molecule has 0 aliphatic carbocycles. The molecular formula is C23H15Cl3N2O5S. The first kappa shape index (κ1) is 24.2. The summed E-state index contributed by atoms with van der Waals surface area (Å²) >= 11 is 19.1. The standard InChI is InChI=1S/C23H15Cl3N2O5S/c1-32-18-7-5-12(9-16(18)25)27-20(29)11-28-22(30)19(34-23(28)31)10-13-6-8-17(33-13)14-3-2-4-15(24)21(14)26/h2-10H,11H2,1H3,(H,27,29)/b19-10+. The highest BCUT2D eigenvalue weighted by molar-refractivity contribution is 8.18. The van der Waals surface area contributed by atoms with Crippen molar-refractivity contribution in [2.24, 2.45) is 0 Å². The number of thioether (sulfide) groups is 1. The molecule has 1 fully saturated rings. The van der Waals surface area contributed by atoms with Gasteiger partial charge in [-0.3, -0.25) is 19.3 Å². The Labute approximate surface area is 213 Å². The largest absolute Gasteiger partial charge is 0.495 e. The third-order valence-corrected chi connectivity index (χ3v) is 6.75. The summed E-state index contributed by atoms with van der Waals surface area (Å²) in [5.41, 5.74) is 0.998. The van der Waals surface area contributed by atoms with Crippen LogP contribution in [0.15, 0.2) is 57.9 Å². The summed E-state index contributed by atoms with van der Waals surface area (Å²) < 4.78 is 10.8. The van der Waals surface area contributed by atoms with Crippen molar-refractivity contribution in [3.05, 3.63) is 74.3 Å². The van der Waals surface area contributed by atoms with Gasteiger partial charge < -0.3 is 14.5 Å². The van der Waals surface area contributed by atoms with Crippen molar-refractivity contribution in [1.82, 2.24) is 4.90 Å². The van der Waals surface area contributed by atoms with E-state index < -0.39 is 23.6 Å². The number of rotatable bonds is 6. The second-order valence-corrected chi connectivity index (χ2v) is 9.15. The van der Waals surface area contributed by atoms with Crippen LogP contribution in [0.5, 0.6) is 5.75 Å². The number of amides is 3. The Balaban J connectivity index is 1.45. The molecule has 0 saturated carbocycles. The summed E-state index contributed by atoms with van der Waals surface area (Å²) in [7, 11) is 1.47. The second-order valence-electron chi connectivity index (χ2n) is 6.97. The van der Waals surface area contributed by atoms with Gasteiger partial charge in [0.2, 0.25) is 5.91 Å². The first-order valence-corrected chi connectivity index (χ1v) is 11.6. The molecule has 34 heavy (non-hydrogen) atoms. The zero-order chi connectivity index (χ0) is 24.4. The van der Waals surface area contributed by atoms with Gasteiger partial charge in [-0.1, -0.05) is 40.9 Å². The lowest BCUT2D eigenvalue weighted by molar-refractivity contribution is -0.127. The summed E-state index contributed by atoms with van der Waals surface area (Å²) in [5.74, 6) is 0.0937. The number of anilines is 1. The number of hydrogen-bond donors (Lipinski definition) is 1. The van der Waals surface area contributed by atoms with Crippen LogP contribution < -0.4 is 10.1 Å². The van der Waals surface area contributed by atoms with Gasteiger partial charge in [0.05, 0.1) is 27.1 Å². The average Bonchev–Trinajstić information content (AvgIpc) is 3.36. The number of nitrogens with zero attached hydrogens (tertiary/aromatic N) is 1. The number of carbonyl (C=O) groups excluding carboxylic acids is 3. The first-order chi connectivity index (χ1) is 16.3. The van der Waals surface area contributed by atoms with Crippen LogP contribution in [0.25, 0.3) is 17.4 Å². The molecule has 1 aliphatic rings. The number of carbonyl (C=O) groups is 3. The van der Waals surface area contributed by atoms with Crippen molar-refractivity contribution in [3.63, 3.8) is 0 Å². The Bertz CT molecular complexity index is 1340. The molecule has 1 aromatic heterocycles. The maximum absolute atomic E-state index is 12.7. The number of halogens is 3. The number of methoxy groups -OCH3 is 1. The quantitative estimate of drug-likeness (QED) is 0.357. The highest BCUT2D eigenvalue weighted by atomic mass is 35.5. The predicted octanol–water partition coefficient (Wildman–Crippen LogP) is 6.59. The highest BCUT2D eigenvalue weighted by Gasteiger charge is 2.36. The molecule has 0 atom stereocenters. The van der Waals surface area contributed by atoms with Crippen LogP contribution >= 0.6 is 46.6 Å². The van der Waals surface area contributed by atoms with Crippen molar-refractivity contribution in [2.45, 2.75) is 0 Å². The summed E-state index contributed by atoms with van der Waals surface area (Å²) in [6, 6.07) is 13.2. The van der Waals surface area contributed by atoms with Gasteiger partial charge >= 0.3 is 0 Å². The van der Waals surface area contributed by atoms with E-state index in [-0.39, 0.29) is 4.91 Å². The lowest BCUT2D eigenvalue weighted by Crippen LogP contribution is -2.36. The van der Waals surface area contributed by atoms with Crippen LogP contribution in [0, 0.1) is 0 Å². The van der Waals surface area contributed by atoms with Gasteiger partial charge in [0, 0.05) is 17.3 Å². The van der Waals surface area contributed by atoms with E-state index in [4.69, 9.17) is 44.0 Å². The lowest BCUT2D eigenvalue weighted by atomic mass is 10.2. The van der Waals surface area contributed by atoms with E-state index in [0.717, 1.165) is 4.90 Å². The number of furan rings is 1. The number of ether oxygens (including phenoxy) is 1. The SMILES string of the molecule is COc1ccc(NC(=O)CN2C(=O)S/C(=C/c3ccc(-c4cccc(Cl)c4Cl)o3)C2=O)cc1Cl. The number of hydrogen-bond acceptors (Lipinski definition) is 6. The van der Waals surface area contributed by atoms with Crippen LogP contribution in [-0.4, -0.2) is 35.6 Å².